The predicted octanol–water partition coefficient (Wildman–Crippen LogP) is 1.96. The first kappa shape index (κ1) is 10.3. The molecule has 0 aliphatic rings. The third-order valence-corrected chi connectivity index (χ3v) is 2.16. The van der Waals surface area contributed by atoms with Gasteiger partial charge in [0.1, 0.15) is 11.4 Å². The standard InChI is InChI=1S/C12H10N2O2/c1-16-11-5-9(8-15)6-14-12(11)10-3-2-4-13-7-10/h2-8H,1H3. The van der Waals surface area contributed by atoms with Crippen LogP contribution >= 0.6 is 0 Å². The van der Waals surface area contributed by atoms with Crippen molar-refractivity contribution in [1.29, 1.82) is 0 Å². The van der Waals surface area contributed by atoms with Crippen molar-refractivity contribution < 1.29 is 9.53 Å². The van der Waals surface area contributed by atoms with Crippen LogP contribution in [0, 0.1) is 0 Å². The first-order valence-electron chi connectivity index (χ1n) is 4.74. The van der Waals surface area contributed by atoms with Gasteiger partial charge in [0.15, 0.2) is 6.29 Å². The molecule has 4 nitrogen and oxygen atoms in total. The van der Waals surface area contributed by atoms with Crippen LogP contribution in [0.4, 0.5) is 0 Å². The third kappa shape index (κ3) is 1.91. The third-order valence-electron chi connectivity index (χ3n) is 2.16. The Morgan fingerprint density at radius 2 is 2.25 bits per heavy atom. The highest BCUT2D eigenvalue weighted by molar-refractivity contribution is 5.77. The van der Waals surface area contributed by atoms with Crippen LogP contribution in [0.3, 0.4) is 0 Å². The first-order chi connectivity index (χ1) is 7.85. The van der Waals surface area contributed by atoms with E-state index in [0.29, 0.717) is 17.0 Å². The Bertz CT molecular complexity index is 498. The molecule has 0 N–H and O–H groups in total. The summed E-state index contributed by atoms with van der Waals surface area (Å²) in [5, 5.41) is 0. The van der Waals surface area contributed by atoms with Gasteiger partial charge in [-0.1, -0.05) is 0 Å². The second-order valence-electron chi connectivity index (χ2n) is 3.18. The number of ether oxygens (including phenoxy) is 1. The van der Waals surface area contributed by atoms with Gasteiger partial charge in [-0.2, -0.15) is 0 Å². The second-order valence-corrected chi connectivity index (χ2v) is 3.18. The Balaban J connectivity index is 2.53. The number of pyridine rings is 2. The summed E-state index contributed by atoms with van der Waals surface area (Å²) in [4.78, 5) is 18.8. The molecule has 80 valence electrons. The lowest BCUT2D eigenvalue weighted by molar-refractivity contribution is 0.112. The molecule has 4 heteroatoms. The molecule has 0 amide bonds. The largest absolute Gasteiger partial charge is 0.494 e. The molecule has 0 unspecified atom stereocenters. The zero-order valence-electron chi connectivity index (χ0n) is 8.75. The monoisotopic (exact) mass is 214 g/mol. The fraction of sp³-hybridized carbons (Fsp3) is 0.0833. The van der Waals surface area contributed by atoms with Crippen LogP contribution in [0.25, 0.3) is 11.3 Å². The Morgan fingerprint density at radius 3 is 2.88 bits per heavy atom. The van der Waals surface area contributed by atoms with Crippen molar-refractivity contribution in [3.63, 3.8) is 0 Å². The maximum Gasteiger partial charge on any atom is 0.151 e. The average molecular weight is 214 g/mol. The number of carbonyl (C=O) groups is 1. The molecular formula is C12H10N2O2. The molecule has 2 heterocycles. The van der Waals surface area contributed by atoms with E-state index >= 15 is 0 Å². The van der Waals surface area contributed by atoms with Crippen LogP contribution in [0.2, 0.25) is 0 Å². The maximum atomic E-state index is 10.6. The molecule has 2 aromatic rings. The molecule has 0 saturated carbocycles. The summed E-state index contributed by atoms with van der Waals surface area (Å²) >= 11 is 0. The highest BCUT2D eigenvalue weighted by Crippen LogP contribution is 2.27. The summed E-state index contributed by atoms with van der Waals surface area (Å²) in [5.41, 5.74) is 2.03. The minimum absolute atomic E-state index is 0.490. The van der Waals surface area contributed by atoms with Crippen molar-refractivity contribution in [3.8, 4) is 17.0 Å². The molecule has 2 rings (SSSR count). The van der Waals surface area contributed by atoms with Crippen LogP contribution < -0.4 is 4.74 Å². The number of hydrogen-bond donors (Lipinski definition) is 0. The van der Waals surface area contributed by atoms with Crippen molar-refractivity contribution in [2.75, 3.05) is 7.11 Å². The van der Waals surface area contributed by atoms with Gasteiger partial charge in [-0.15, -0.1) is 0 Å². The van der Waals surface area contributed by atoms with Crippen molar-refractivity contribution in [2.45, 2.75) is 0 Å². The molecule has 2 aromatic heterocycles. The molecule has 0 saturated heterocycles. The normalized spacial score (nSPS) is 9.81. The molecule has 0 bridgehead atoms. The van der Waals surface area contributed by atoms with Gasteiger partial charge in [-0.05, 0) is 18.2 Å². The van der Waals surface area contributed by atoms with E-state index in [1.807, 2.05) is 12.1 Å². The molecule has 16 heavy (non-hydrogen) atoms. The minimum atomic E-state index is 0.490. The summed E-state index contributed by atoms with van der Waals surface area (Å²) in [5.74, 6) is 0.567. The lowest BCUT2D eigenvalue weighted by Gasteiger charge is -2.07. The number of methoxy groups -OCH3 is 1. The van der Waals surface area contributed by atoms with E-state index in [2.05, 4.69) is 9.97 Å². The summed E-state index contributed by atoms with van der Waals surface area (Å²) < 4.78 is 5.19. The second kappa shape index (κ2) is 4.53. The fourth-order valence-electron chi connectivity index (χ4n) is 1.40. The van der Waals surface area contributed by atoms with E-state index in [9.17, 15) is 4.79 Å². The van der Waals surface area contributed by atoms with Gasteiger partial charge in [0.05, 0.1) is 7.11 Å². The minimum Gasteiger partial charge on any atom is -0.494 e. The van der Waals surface area contributed by atoms with E-state index in [4.69, 9.17) is 4.74 Å². The molecular weight excluding hydrogens is 204 g/mol. The van der Waals surface area contributed by atoms with Crippen LogP contribution in [-0.2, 0) is 0 Å². The van der Waals surface area contributed by atoms with Gasteiger partial charge < -0.3 is 4.74 Å². The Hall–Kier alpha value is -2.23. The van der Waals surface area contributed by atoms with Crippen LogP contribution in [0.5, 0.6) is 5.75 Å². The molecule has 0 aliphatic carbocycles. The van der Waals surface area contributed by atoms with Crippen LogP contribution in [-0.4, -0.2) is 23.4 Å². The molecule has 0 radical (unpaired) electrons. The van der Waals surface area contributed by atoms with Gasteiger partial charge >= 0.3 is 0 Å². The highest BCUT2D eigenvalue weighted by Gasteiger charge is 2.08. The summed E-state index contributed by atoms with van der Waals surface area (Å²) in [6.45, 7) is 0. The molecule has 0 atom stereocenters. The predicted molar refractivity (Wildman–Crippen MR) is 59.4 cm³/mol. The molecule has 0 fully saturated rings. The number of rotatable bonds is 3. The molecule has 0 aliphatic heterocycles. The number of carbonyl (C=O) groups excluding carboxylic acids is 1. The Morgan fingerprint density at radius 1 is 1.38 bits per heavy atom. The van der Waals surface area contributed by atoms with Crippen LogP contribution in [0.1, 0.15) is 10.4 Å². The fourth-order valence-corrected chi connectivity index (χ4v) is 1.40. The summed E-state index contributed by atoms with van der Waals surface area (Å²) in [6, 6.07) is 5.37. The Labute approximate surface area is 92.9 Å². The van der Waals surface area contributed by atoms with Gasteiger partial charge in [0, 0.05) is 29.7 Å². The number of aldehydes is 1. The molecule has 0 aromatic carbocycles. The van der Waals surface area contributed by atoms with E-state index < -0.39 is 0 Å². The van der Waals surface area contributed by atoms with Crippen LogP contribution in [0.15, 0.2) is 36.8 Å². The van der Waals surface area contributed by atoms with E-state index in [1.165, 1.54) is 6.20 Å². The molecule has 0 spiro atoms. The highest BCUT2D eigenvalue weighted by atomic mass is 16.5. The Kier molecular flexibility index (Phi) is 2.91. The topological polar surface area (TPSA) is 52.1 Å². The zero-order chi connectivity index (χ0) is 11.4. The lowest BCUT2D eigenvalue weighted by Crippen LogP contribution is -1.94. The zero-order valence-corrected chi connectivity index (χ0v) is 8.75. The van der Waals surface area contributed by atoms with Gasteiger partial charge in [-0.25, -0.2) is 0 Å². The van der Waals surface area contributed by atoms with Crippen molar-refractivity contribution in [3.05, 3.63) is 42.4 Å². The van der Waals surface area contributed by atoms with E-state index in [-0.39, 0.29) is 0 Å². The lowest BCUT2D eigenvalue weighted by atomic mass is 10.1. The van der Waals surface area contributed by atoms with Crippen molar-refractivity contribution in [1.82, 2.24) is 9.97 Å². The quantitative estimate of drug-likeness (QED) is 0.733. The van der Waals surface area contributed by atoms with Gasteiger partial charge in [0.25, 0.3) is 0 Å². The number of nitrogens with zero attached hydrogens (tertiary/aromatic N) is 2. The van der Waals surface area contributed by atoms with E-state index in [1.54, 1.807) is 25.6 Å². The van der Waals surface area contributed by atoms with Crippen molar-refractivity contribution >= 4 is 6.29 Å². The average Bonchev–Trinajstić information content (AvgIpc) is 2.39. The number of aromatic nitrogens is 2. The number of hydrogen-bond acceptors (Lipinski definition) is 4. The van der Waals surface area contributed by atoms with Crippen molar-refractivity contribution in [2.24, 2.45) is 0 Å². The van der Waals surface area contributed by atoms with Gasteiger partial charge in [0.2, 0.25) is 0 Å². The summed E-state index contributed by atoms with van der Waals surface area (Å²) in [7, 11) is 1.55. The van der Waals surface area contributed by atoms with Gasteiger partial charge in [-0.3, -0.25) is 14.8 Å². The van der Waals surface area contributed by atoms with E-state index in [0.717, 1.165) is 11.8 Å². The maximum absolute atomic E-state index is 10.6. The SMILES string of the molecule is COc1cc(C=O)cnc1-c1cccnc1. The summed E-state index contributed by atoms with van der Waals surface area (Å²) in [6.07, 6.45) is 5.64. The first-order valence-corrected chi connectivity index (χ1v) is 4.74. The smallest absolute Gasteiger partial charge is 0.151 e.